The summed E-state index contributed by atoms with van der Waals surface area (Å²) in [6.07, 6.45) is 2.79. The summed E-state index contributed by atoms with van der Waals surface area (Å²) in [6.45, 7) is 13.3. The van der Waals surface area contributed by atoms with Crippen LogP contribution in [0.1, 0.15) is 55.4 Å². The van der Waals surface area contributed by atoms with Gasteiger partial charge in [-0.1, -0.05) is 11.6 Å². The number of nitrogens with one attached hydrogen (secondary N) is 2. The maximum absolute atomic E-state index is 13.4. The van der Waals surface area contributed by atoms with Crippen LogP contribution in [0, 0.1) is 10.1 Å². The van der Waals surface area contributed by atoms with E-state index >= 15 is 0 Å². The number of nitro groups is 1. The van der Waals surface area contributed by atoms with Crippen LogP contribution < -0.4 is 10.6 Å². The number of hydrogen-bond donors (Lipinski definition) is 2. The second-order valence-electron chi connectivity index (χ2n) is 9.51. The predicted octanol–water partition coefficient (Wildman–Crippen LogP) is 9.18. The van der Waals surface area contributed by atoms with Gasteiger partial charge in [-0.05, 0) is 73.6 Å². The summed E-state index contributed by atoms with van der Waals surface area (Å²) in [6, 6.07) is 5.80. The van der Waals surface area contributed by atoms with Gasteiger partial charge in [-0.25, -0.2) is 9.97 Å². The van der Waals surface area contributed by atoms with Gasteiger partial charge in [-0.3, -0.25) is 28.4 Å². The van der Waals surface area contributed by atoms with Gasteiger partial charge in [0.15, 0.2) is 5.15 Å². The molecule has 2 N–H and O–H groups in total. The van der Waals surface area contributed by atoms with Crippen molar-refractivity contribution < 1.29 is 59.4 Å². The Morgan fingerprint density at radius 3 is 1.27 bits per heavy atom. The van der Waals surface area contributed by atoms with Gasteiger partial charge in [0.2, 0.25) is 16.9 Å². The van der Waals surface area contributed by atoms with Crippen molar-refractivity contribution >= 4 is 59.2 Å². The van der Waals surface area contributed by atoms with E-state index in [-0.39, 0.29) is 63.8 Å². The van der Waals surface area contributed by atoms with E-state index in [4.69, 9.17) is 47.8 Å². The van der Waals surface area contributed by atoms with E-state index in [1.807, 2.05) is 0 Å². The minimum absolute atomic E-state index is 0.0159. The second-order valence-corrected chi connectivity index (χ2v) is 19.1. The number of halogens is 1. The van der Waals surface area contributed by atoms with E-state index in [2.05, 4.69) is 20.6 Å². The lowest BCUT2D eigenvalue weighted by Crippen LogP contribution is -2.26. The molecule has 0 aromatic carbocycles. The molecule has 2 heterocycles. The quantitative estimate of drug-likeness (QED) is 0.0410. The maximum atomic E-state index is 13.4. The lowest BCUT2D eigenvalue weighted by atomic mass is 10.4. The molecule has 52 heavy (non-hydrogen) atoms. The van der Waals surface area contributed by atoms with Crippen molar-refractivity contribution in [2.24, 2.45) is 0 Å². The summed E-state index contributed by atoms with van der Waals surface area (Å²) in [4.78, 5) is 18.4. The second kappa shape index (κ2) is 23.9. The average Bonchev–Trinajstić information content (AvgIpc) is 3.08. The highest BCUT2D eigenvalue weighted by molar-refractivity contribution is 7.73. The maximum Gasteiger partial charge on any atom is 0.365 e. The van der Waals surface area contributed by atoms with Crippen molar-refractivity contribution in [3.8, 4) is 0 Å². The van der Waals surface area contributed by atoms with Gasteiger partial charge < -0.3 is 46.8 Å². The summed E-state index contributed by atoms with van der Waals surface area (Å²) < 4.78 is 95.9. The molecule has 0 fully saturated rings. The van der Waals surface area contributed by atoms with Gasteiger partial charge in [0, 0.05) is 18.5 Å². The Labute approximate surface area is 309 Å². The molecule has 2 aromatic heterocycles. The Hall–Kier alpha value is -1.81. The Bertz CT molecular complexity index is 1480. The number of aromatic nitrogens is 2. The standard InChI is InChI=1S/C14H25ClN2O6P2.C14H25N3O8P2/c1-5-20-24(18,21-6-2)14(25(19,22-7-3)23-8-4)17-12-10-9-11-16-13(12)15;1-5-22-26(20,23-6-2)14(27(21,24-7-3)25-8-4)16-13-12(17(18)19)10-9-11-15-13/h9-11,14,17H,5-8H2,1-4H3;9-11,14H,5-8H2,1-4H3,(H,15,16). The third-order valence-electron chi connectivity index (χ3n) is 5.96. The van der Waals surface area contributed by atoms with Crippen molar-refractivity contribution in [1.82, 2.24) is 9.97 Å². The highest BCUT2D eigenvalue weighted by Crippen LogP contribution is 2.71. The minimum atomic E-state index is -4.11. The Balaban J connectivity index is 0.000000522. The van der Waals surface area contributed by atoms with Gasteiger partial charge in [-0.2, -0.15) is 0 Å². The molecule has 19 nitrogen and oxygen atoms in total. The van der Waals surface area contributed by atoms with E-state index in [9.17, 15) is 28.4 Å². The molecule has 2 aromatic rings. The van der Waals surface area contributed by atoms with E-state index in [0.717, 1.165) is 0 Å². The molecule has 24 heteroatoms. The molecule has 0 aliphatic heterocycles. The van der Waals surface area contributed by atoms with Gasteiger partial charge in [0.25, 0.3) is 0 Å². The first kappa shape index (κ1) is 48.2. The molecular weight excluding hydrogens is 790 g/mol. The molecule has 0 aliphatic rings. The molecule has 0 amide bonds. The van der Waals surface area contributed by atoms with Crippen LogP contribution in [0.25, 0.3) is 0 Å². The van der Waals surface area contributed by atoms with Gasteiger partial charge in [0.1, 0.15) is 0 Å². The highest BCUT2D eigenvalue weighted by Gasteiger charge is 2.53. The molecular formula is C28H50ClN5O14P4. The fraction of sp³-hybridized carbons (Fsp3) is 0.643. The largest absolute Gasteiger partial charge is 0.365 e. The normalized spacial score (nSPS) is 12.4. The highest BCUT2D eigenvalue weighted by atomic mass is 35.5. The molecule has 0 unspecified atom stereocenters. The van der Waals surface area contributed by atoms with Crippen LogP contribution in [0.2, 0.25) is 5.15 Å². The van der Waals surface area contributed by atoms with Crippen LogP contribution in [0.3, 0.4) is 0 Å². The molecule has 298 valence electrons. The summed E-state index contributed by atoms with van der Waals surface area (Å²) in [5, 5.41) is 16.8. The summed E-state index contributed by atoms with van der Waals surface area (Å²) in [5.74, 6) is -0.258. The van der Waals surface area contributed by atoms with Crippen LogP contribution in [0.15, 0.2) is 36.7 Å². The lowest BCUT2D eigenvalue weighted by Gasteiger charge is -2.32. The number of hydrogen-bond acceptors (Lipinski definition) is 18. The van der Waals surface area contributed by atoms with Crippen molar-refractivity contribution in [2.75, 3.05) is 63.5 Å². The van der Waals surface area contributed by atoms with Gasteiger partial charge >= 0.3 is 36.1 Å². The van der Waals surface area contributed by atoms with Crippen molar-refractivity contribution in [3.05, 3.63) is 51.9 Å². The molecule has 0 bridgehead atoms. The molecule has 0 atom stereocenters. The summed E-state index contributed by atoms with van der Waals surface area (Å²) >= 11 is 6.06. The van der Waals surface area contributed by atoms with Gasteiger partial charge in [-0.15, -0.1) is 0 Å². The molecule has 0 spiro atoms. The monoisotopic (exact) mass is 839 g/mol. The van der Waals surface area contributed by atoms with E-state index < -0.39 is 52.0 Å². The lowest BCUT2D eigenvalue weighted by molar-refractivity contribution is -0.384. The zero-order valence-electron chi connectivity index (χ0n) is 30.5. The third kappa shape index (κ3) is 13.8. The Morgan fingerprint density at radius 2 is 0.942 bits per heavy atom. The number of anilines is 2. The average molecular weight is 840 g/mol. The first-order valence-electron chi connectivity index (χ1n) is 16.4. The Morgan fingerprint density at radius 1 is 0.615 bits per heavy atom. The summed E-state index contributed by atoms with van der Waals surface area (Å²) in [7, 11) is -16.0. The van der Waals surface area contributed by atoms with E-state index in [1.54, 1.807) is 67.5 Å². The molecule has 0 aliphatic carbocycles. The first-order valence-corrected chi connectivity index (χ1v) is 23.2. The van der Waals surface area contributed by atoms with Crippen LogP contribution in [0.5, 0.6) is 0 Å². The van der Waals surface area contributed by atoms with Crippen molar-refractivity contribution in [3.63, 3.8) is 0 Å². The van der Waals surface area contributed by atoms with Crippen LogP contribution in [-0.2, 0) is 54.5 Å². The molecule has 0 saturated carbocycles. The topological polar surface area (TPSA) is 235 Å². The summed E-state index contributed by atoms with van der Waals surface area (Å²) in [5.41, 5.74) is -3.12. The number of pyridine rings is 2. The molecule has 2 rings (SSSR count). The zero-order valence-corrected chi connectivity index (χ0v) is 34.8. The van der Waals surface area contributed by atoms with Crippen molar-refractivity contribution in [1.29, 1.82) is 0 Å². The Kier molecular flexibility index (Phi) is 22.1. The fourth-order valence-corrected chi connectivity index (χ4v) is 14.2. The van der Waals surface area contributed by atoms with Gasteiger partial charge in [0.05, 0.1) is 63.5 Å². The SMILES string of the molecule is CCOP(=O)(OCC)C(Nc1cccnc1Cl)P(=O)(OCC)OCC.CCOP(=O)(OCC)C(Nc1ncccc1[N+](=O)[O-])P(=O)(OCC)OCC. The zero-order chi connectivity index (χ0) is 39.4. The first-order chi connectivity index (χ1) is 24.6. The predicted molar refractivity (Wildman–Crippen MR) is 198 cm³/mol. The minimum Gasteiger partial charge on any atom is -0.359 e. The third-order valence-corrected chi connectivity index (χ3v) is 17.5. The molecule has 0 saturated heterocycles. The smallest absolute Gasteiger partial charge is 0.359 e. The van der Waals surface area contributed by atoms with E-state index in [1.165, 1.54) is 24.5 Å². The van der Waals surface area contributed by atoms with Crippen LogP contribution >= 0.6 is 42.0 Å². The number of rotatable bonds is 25. The van der Waals surface area contributed by atoms with Crippen molar-refractivity contribution in [2.45, 2.75) is 66.4 Å². The van der Waals surface area contributed by atoms with E-state index in [0.29, 0.717) is 5.69 Å². The number of nitrogens with zero attached hydrogens (tertiary/aromatic N) is 3. The van der Waals surface area contributed by atoms with Crippen LogP contribution in [0.4, 0.5) is 17.2 Å². The van der Waals surface area contributed by atoms with Crippen LogP contribution in [-0.4, -0.2) is 78.8 Å². The molecule has 0 radical (unpaired) electrons. The fourth-order valence-electron chi connectivity index (χ4n) is 4.23.